The predicted octanol–water partition coefficient (Wildman–Crippen LogP) is 3.56. The lowest BCUT2D eigenvalue weighted by atomic mass is 9.84. The summed E-state index contributed by atoms with van der Waals surface area (Å²) in [5.41, 5.74) is -0.730. The summed E-state index contributed by atoms with van der Waals surface area (Å²) in [5, 5.41) is 9.43. The number of nitrogens with zero attached hydrogens (tertiary/aromatic N) is 1. The fourth-order valence-electron chi connectivity index (χ4n) is 3.92. The van der Waals surface area contributed by atoms with Crippen molar-refractivity contribution in [2.24, 2.45) is 5.92 Å². The van der Waals surface area contributed by atoms with Crippen molar-refractivity contribution in [2.75, 3.05) is 0 Å². The van der Waals surface area contributed by atoms with Gasteiger partial charge in [-0.15, -0.1) is 0 Å². The van der Waals surface area contributed by atoms with E-state index in [4.69, 9.17) is 0 Å². The number of aliphatic carboxylic acids is 1. The second-order valence-electron chi connectivity index (χ2n) is 6.49. The normalized spacial score (nSPS) is 27.0. The van der Waals surface area contributed by atoms with Crippen molar-refractivity contribution in [3.8, 4) is 0 Å². The Morgan fingerprint density at radius 3 is 2.29 bits per heavy atom. The number of fused-ring (bicyclic) bond motifs is 1. The lowest BCUT2D eigenvalue weighted by Crippen LogP contribution is -2.46. The highest BCUT2D eigenvalue weighted by Gasteiger charge is 2.47. The molecule has 2 aliphatic rings. The molecule has 24 heavy (non-hydrogen) atoms. The van der Waals surface area contributed by atoms with Crippen LogP contribution in [0.2, 0.25) is 0 Å². The van der Waals surface area contributed by atoms with E-state index in [0.717, 1.165) is 49.9 Å². The molecule has 0 aromatic heterocycles. The first kappa shape index (κ1) is 16.8. The summed E-state index contributed by atoms with van der Waals surface area (Å²) in [5.74, 6) is -1.38. The molecule has 1 aliphatic carbocycles. The number of hydrogen-bond donors (Lipinski definition) is 1. The number of alkyl halides is 3. The fraction of sp³-hybridized carbons (Fsp3) is 0.529. The smallest absolute Gasteiger partial charge is 0.416 e. The molecule has 0 spiro atoms. The maximum atomic E-state index is 12.8. The average Bonchev–Trinajstić information content (AvgIpc) is 2.93. The summed E-state index contributed by atoms with van der Waals surface area (Å²) < 4.78 is 37.9. The van der Waals surface area contributed by atoms with Gasteiger partial charge in [0.05, 0.1) is 5.56 Å². The molecule has 7 heteroatoms. The molecular weight excluding hydrogens is 323 g/mol. The zero-order valence-electron chi connectivity index (χ0n) is 12.9. The van der Waals surface area contributed by atoms with Crippen LogP contribution in [0.25, 0.3) is 0 Å². The third-order valence-corrected chi connectivity index (χ3v) is 5.07. The van der Waals surface area contributed by atoms with Crippen LogP contribution in [0.1, 0.15) is 48.0 Å². The molecule has 1 heterocycles. The highest BCUT2D eigenvalue weighted by atomic mass is 19.4. The maximum absolute atomic E-state index is 12.8. The Labute approximate surface area is 137 Å². The SMILES string of the molecule is O=C(O)C1CC2CCCCC2N1C(=O)c1ccc(C(F)(F)F)cc1. The van der Waals surface area contributed by atoms with Crippen LogP contribution in [0.3, 0.4) is 0 Å². The summed E-state index contributed by atoms with van der Waals surface area (Å²) in [6.07, 6.45) is -0.439. The second-order valence-corrected chi connectivity index (χ2v) is 6.49. The van der Waals surface area contributed by atoms with Crippen LogP contribution in [0.4, 0.5) is 13.2 Å². The number of carboxylic acid groups (broad SMARTS) is 1. The Morgan fingerprint density at radius 2 is 1.71 bits per heavy atom. The first-order chi connectivity index (χ1) is 11.3. The highest BCUT2D eigenvalue weighted by molar-refractivity contribution is 5.97. The number of carbonyl (C=O) groups excluding carboxylic acids is 1. The topological polar surface area (TPSA) is 57.6 Å². The molecule has 1 N–H and O–H groups in total. The van der Waals surface area contributed by atoms with Crippen LogP contribution in [-0.2, 0) is 11.0 Å². The van der Waals surface area contributed by atoms with E-state index in [2.05, 4.69) is 0 Å². The van der Waals surface area contributed by atoms with E-state index in [1.165, 1.54) is 4.90 Å². The molecular formula is C17H18F3NO3. The van der Waals surface area contributed by atoms with Crippen molar-refractivity contribution < 1.29 is 27.9 Å². The van der Waals surface area contributed by atoms with Gasteiger partial charge in [0.25, 0.3) is 5.91 Å². The average molecular weight is 341 g/mol. The van der Waals surface area contributed by atoms with Gasteiger partial charge >= 0.3 is 12.1 Å². The molecule has 2 fully saturated rings. The third kappa shape index (κ3) is 2.99. The quantitative estimate of drug-likeness (QED) is 0.895. The summed E-state index contributed by atoms with van der Waals surface area (Å²) in [4.78, 5) is 25.7. The Hall–Kier alpha value is -2.05. The Balaban J connectivity index is 1.87. The molecule has 1 aromatic rings. The number of carboxylic acids is 1. The minimum atomic E-state index is -4.46. The van der Waals surface area contributed by atoms with Crippen LogP contribution in [0.5, 0.6) is 0 Å². The van der Waals surface area contributed by atoms with E-state index >= 15 is 0 Å². The first-order valence-corrected chi connectivity index (χ1v) is 8.02. The van der Waals surface area contributed by atoms with Gasteiger partial charge < -0.3 is 10.0 Å². The molecule has 1 aromatic carbocycles. The van der Waals surface area contributed by atoms with Crippen LogP contribution >= 0.6 is 0 Å². The van der Waals surface area contributed by atoms with Crippen molar-refractivity contribution >= 4 is 11.9 Å². The molecule has 3 rings (SSSR count). The molecule has 1 amide bonds. The zero-order valence-corrected chi connectivity index (χ0v) is 12.9. The van der Waals surface area contributed by atoms with Crippen LogP contribution in [-0.4, -0.2) is 34.0 Å². The molecule has 1 saturated heterocycles. The molecule has 0 bridgehead atoms. The van der Waals surface area contributed by atoms with Gasteiger partial charge in [-0.05, 0) is 49.4 Å². The van der Waals surface area contributed by atoms with Gasteiger partial charge in [0.2, 0.25) is 0 Å². The predicted molar refractivity (Wildman–Crippen MR) is 79.4 cm³/mol. The Bertz CT molecular complexity index is 641. The van der Waals surface area contributed by atoms with E-state index < -0.39 is 29.7 Å². The lowest BCUT2D eigenvalue weighted by molar-refractivity contribution is -0.141. The van der Waals surface area contributed by atoms with Crippen molar-refractivity contribution in [3.05, 3.63) is 35.4 Å². The molecule has 3 unspecified atom stereocenters. The minimum absolute atomic E-state index is 0.0977. The summed E-state index contributed by atoms with van der Waals surface area (Å²) >= 11 is 0. The van der Waals surface area contributed by atoms with Crippen molar-refractivity contribution in [1.82, 2.24) is 4.90 Å². The maximum Gasteiger partial charge on any atom is 0.416 e. The van der Waals surface area contributed by atoms with Crippen molar-refractivity contribution in [3.63, 3.8) is 0 Å². The van der Waals surface area contributed by atoms with Crippen molar-refractivity contribution in [1.29, 1.82) is 0 Å². The number of benzene rings is 1. The van der Waals surface area contributed by atoms with Crippen LogP contribution < -0.4 is 0 Å². The van der Waals surface area contributed by atoms with Gasteiger partial charge in [0, 0.05) is 11.6 Å². The van der Waals surface area contributed by atoms with Gasteiger partial charge in [0.1, 0.15) is 6.04 Å². The number of carbonyl (C=O) groups is 2. The summed E-state index contributed by atoms with van der Waals surface area (Å²) in [6, 6.07) is 2.94. The van der Waals surface area contributed by atoms with Gasteiger partial charge in [-0.1, -0.05) is 12.8 Å². The second kappa shape index (κ2) is 6.11. The standard InChI is InChI=1S/C17H18F3NO3/c18-17(19,20)12-7-5-10(6-8-12)15(22)21-13-4-2-1-3-11(13)9-14(21)16(23)24/h5-8,11,13-14H,1-4,9H2,(H,23,24). The Morgan fingerprint density at radius 1 is 1.08 bits per heavy atom. The first-order valence-electron chi connectivity index (χ1n) is 8.02. The van der Waals surface area contributed by atoms with Crippen LogP contribution in [0, 0.1) is 5.92 Å². The number of amides is 1. The van der Waals surface area contributed by atoms with E-state index in [1.54, 1.807) is 0 Å². The summed E-state index contributed by atoms with van der Waals surface area (Å²) in [7, 11) is 0. The minimum Gasteiger partial charge on any atom is -0.480 e. The third-order valence-electron chi connectivity index (χ3n) is 5.07. The number of likely N-dealkylation sites (tertiary alicyclic amines) is 1. The fourth-order valence-corrected chi connectivity index (χ4v) is 3.92. The molecule has 130 valence electrons. The lowest BCUT2D eigenvalue weighted by Gasteiger charge is -2.33. The number of rotatable bonds is 2. The van der Waals surface area contributed by atoms with E-state index in [9.17, 15) is 27.9 Å². The zero-order chi connectivity index (χ0) is 17.5. The summed E-state index contributed by atoms with van der Waals surface area (Å²) in [6.45, 7) is 0. The number of halogens is 3. The van der Waals surface area contributed by atoms with E-state index in [-0.39, 0.29) is 17.5 Å². The highest BCUT2D eigenvalue weighted by Crippen LogP contribution is 2.40. The van der Waals surface area contributed by atoms with Gasteiger partial charge in [-0.3, -0.25) is 4.79 Å². The number of hydrogen-bond acceptors (Lipinski definition) is 2. The monoisotopic (exact) mass is 341 g/mol. The van der Waals surface area contributed by atoms with Crippen molar-refractivity contribution in [2.45, 2.75) is 50.4 Å². The largest absolute Gasteiger partial charge is 0.480 e. The van der Waals surface area contributed by atoms with Gasteiger partial charge in [-0.2, -0.15) is 13.2 Å². The molecule has 1 saturated carbocycles. The molecule has 1 aliphatic heterocycles. The Kier molecular flexibility index (Phi) is 4.27. The van der Waals surface area contributed by atoms with Gasteiger partial charge in [-0.25, -0.2) is 4.79 Å². The van der Waals surface area contributed by atoms with Gasteiger partial charge in [0.15, 0.2) is 0 Å². The molecule has 0 radical (unpaired) electrons. The van der Waals surface area contributed by atoms with Crippen LogP contribution in [0.15, 0.2) is 24.3 Å². The molecule has 4 nitrogen and oxygen atoms in total. The van der Waals surface area contributed by atoms with E-state index in [0.29, 0.717) is 6.42 Å². The van der Waals surface area contributed by atoms with E-state index in [1.807, 2.05) is 0 Å². The molecule has 3 atom stereocenters.